The molecule has 0 rings (SSSR count). The third-order valence-electron chi connectivity index (χ3n) is 2.02. The molecule has 154 valence electrons. The summed E-state index contributed by atoms with van der Waals surface area (Å²) in [5.74, 6) is -24.1. The standard InChI is InChI=1S/C8HF13O4S/c9-1(2(10)4(12)6(15,16)17)3(11)5(13,14)7(18,19)25-8(20,21)26(22,23)24/h(H,22,23,24). The molecule has 0 aromatic rings. The van der Waals surface area contributed by atoms with E-state index in [0.717, 1.165) is 0 Å². The van der Waals surface area contributed by atoms with Crippen molar-refractivity contribution < 1.29 is 74.8 Å². The van der Waals surface area contributed by atoms with Crippen molar-refractivity contribution in [2.24, 2.45) is 0 Å². The summed E-state index contributed by atoms with van der Waals surface area (Å²) >= 11 is 0. The van der Waals surface area contributed by atoms with Gasteiger partial charge in [0.25, 0.3) is 0 Å². The number of hydrogen-bond acceptors (Lipinski definition) is 3. The molecule has 0 aromatic heterocycles. The zero-order valence-corrected chi connectivity index (χ0v) is 11.8. The second kappa shape index (κ2) is 6.87. The van der Waals surface area contributed by atoms with Crippen molar-refractivity contribution in [3.8, 4) is 0 Å². The summed E-state index contributed by atoms with van der Waals surface area (Å²) in [6, 6.07) is 0. The van der Waals surface area contributed by atoms with E-state index in [4.69, 9.17) is 4.55 Å². The summed E-state index contributed by atoms with van der Waals surface area (Å²) in [6.07, 6.45) is -13.5. The fourth-order valence-corrected chi connectivity index (χ4v) is 1.06. The lowest BCUT2D eigenvalue weighted by Gasteiger charge is -2.27. The Morgan fingerprint density at radius 3 is 1.38 bits per heavy atom. The first kappa shape index (κ1) is 24.4. The lowest BCUT2D eigenvalue weighted by Crippen LogP contribution is -2.50. The van der Waals surface area contributed by atoms with Gasteiger partial charge in [-0.3, -0.25) is 4.55 Å². The molecule has 0 amide bonds. The van der Waals surface area contributed by atoms with E-state index < -0.39 is 57.1 Å². The molecular weight excluding hydrogens is 439 g/mol. The van der Waals surface area contributed by atoms with E-state index in [1.54, 1.807) is 4.74 Å². The van der Waals surface area contributed by atoms with Crippen LogP contribution in [-0.4, -0.2) is 36.6 Å². The van der Waals surface area contributed by atoms with Gasteiger partial charge in [0.2, 0.25) is 17.5 Å². The van der Waals surface area contributed by atoms with E-state index in [0.29, 0.717) is 0 Å². The SMILES string of the molecule is O=S(=O)(O)C(F)(F)OC(F)(F)C(F)(F)C(F)=C(F)C(F)=C(F)C(F)(F)F. The Morgan fingerprint density at radius 1 is 0.731 bits per heavy atom. The number of halogens is 13. The van der Waals surface area contributed by atoms with Crippen LogP contribution in [0.5, 0.6) is 0 Å². The van der Waals surface area contributed by atoms with Gasteiger partial charge in [-0.15, -0.1) is 0 Å². The van der Waals surface area contributed by atoms with E-state index in [1.807, 2.05) is 0 Å². The van der Waals surface area contributed by atoms with E-state index in [9.17, 15) is 65.5 Å². The minimum atomic E-state index is -7.09. The summed E-state index contributed by atoms with van der Waals surface area (Å²) in [7, 11) is -6.98. The van der Waals surface area contributed by atoms with Crippen LogP contribution in [0, 0.1) is 0 Å². The molecule has 0 radical (unpaired) electrons. The monoisotopic (exact) mass is 440 g/mol. The van der Waals surface area contributed by atoms with Gasteiger partial charge in [-0.1, -0.05) is 0 Å². The van der Waals surface area contributed by atoms with Gasteiger partial charge in [-0.25, -0.2) is 17.9 Å². The molecule has 0 aromatic carbocycles. The van der Waals surface area contributed by atoms with Gasteiger partial charge >= 0.3 is 33.8 Å². The van der Waals surface area contributed by atoms with E-state index >= 15 is 0 Å². The minimum Gasteiger partial charge on any atom is -0.279 e. The maximum absolute atomic E-state index is 12.9. The zero-order valence-electron chi connectivity index (χ0n) is 11.0. The lowest BCUT2D eigenvalue weighted by atomic mass is 10.2. The van der Waals surface area contributed by atoms with Crippen LogP contribution in [0.25, 0.3) is 0 Å². The van der Waals surface area contributed by atoms with Crippen LogP contribution in [0.1, 0.15) is 0 Å². The molecule has 18 heteroatoms. The number of ether oxygens (including phenoxy) is 1. The number of allylic oxidation sites excluding steroid dienone is 3. The molecule has 0 atom stereocenters. The summed E-state index contributed by atoms with van der Waals surface area (Å²) < 4.78 is 191. The third-order valence-corrected chi connectivity index (χ3v) is 2.70. The van der Waals surface area contributed by atoms with Crippen LogP contribution >= 0.6 is 0 Å². The van der Waals surface area contributed by atoms with Crippen molar-refractivity contribution >= 4 is 10.1 Å². The van der Waals surface area contributed by atoms with Gasteiger partial charge in [0.1, 0.15) is 0 Å². The molecule has 0 spiro atoms. The number of hydrogen-bond donors (Lipinski definition) is 1. The van der Waals surface area contributed by atoms with Crippen molar-refractivity contribution in [3.05, 3.63) is 23.3 Å². The molecule has 0 aliphatic heterocycles. The highest BCUT2D eigenvalue weighted by Crippen LogP contribution is 2.47. The van der Waals surface area contributed by atoms with Crippen LogP contribution in [0.3, 0.4) is 0 Å². The Kier molecular flexibility index (Phi) is 6.46. The highest BCUT2D eigenvalue weighted by Gasteiger charge is 2.69. The largest absolute Gasteiger partial charge is 0.492 e. The molecule has 0 bridgehead atoms. The first-order valence-electron chi connectivity index (χ1n) is 5.09. The summed E-state index contributed by atoms with van der Waals surface area (Å²) in [5, 5.41) is 0. The van der Waals surface area contributed by atoms with E-state index in [-0.39, 0.29) is 0 Å². The Balaban J connectivity index is 6.23. The molecule has 0 heterocycles. The fraction of sp³-hybridized carbons (Fsp3) is 0.500. The summed E-state index contributed by atoms with van der Waals surface area (Å²) in [6.45, 7) is 0. The van der Waals surface area contributed by atoms with Crippen LogP contribution in [-0.2, 0) is 14.9 Å². The molecule has 0 aliphatic carbocycles. The highest BCUT2D eigenvalue weighted by atomic mass is 32.2. The Hall–Kier alpha value is -1.56. The van der Waals surface area contributed by atoms with Crippen LogP contribution < -0.4 is 0 Å². The lowest BCUT2D eigenvalue weighted by molar-refractivity contribution is -0.401. The highest BCUT2D eigenvalue weighted by molar-refractivity contribution is 7.86. The molecule has 0 saturated carbocycles. The molecule has 1 N–H and O–H groups in total. The van der Waals surface area contributed by atoms with Gasteiger partial charge in [0, 0.05) is 0 Å². The second-order valence-corrected chi connectivity index (χ2v) is 5.31. The van der Waals surface area contributed by atoms with Crippen molar-refractivity contribution in [3.63, 3.8) is 0 Å². The molecule has 4 nitrogen and oxygen atoms in total. The number of alkyl halides is 9. The van der Waals surface area contributed by atoms with Gasteiger partial charge in [-0.2, -0.15) is 52.3 Å². The van der Waals surface area contributed by atoms with Gasteiger partial charge in [0.15, 0.2) is 5.83 Å². The van der Waals surface area contributed by atoms with E-state index in [1.165, 1.54) is 0 Å². The summed E-state index contributed by atoms with van der Waals surface area (Å²) in [5.41, 5.74) is -6.55. The molecule has 0 fully saturated rings. The molecule has 0 aliphatic rings. The molecule has 26 heavy (non-hydrogen) atoms. The maximum atomic E-state index is 12.9. The van der Waals surface area contributed by atoms with E-state index in [2.05, 4.69) is 0 Å². The number of rotatable bonds is 6. The topological polar surface area (TPSA) is 63.6 Å². The normalized spacial score (nSPS) is 17.0. The summed E-state index contributed by atoms with van der Waals surface area (Å²) in [4.78, 5) is 0. The van der Waals surface area contributed by atoms with Crippen molar-refractivity contribution in [1.29, 1.82) is 0 Å². The van der Waals surface area contributed by atoms with Crippen molar-refractivity contribution in [2.75, 3.05) is 0 Å². The van der Waals surface area contributed by atoms with Crippen LogP contribution in [0.2, 0.25) is 0 Å². The first-order valence-corrected chi connectivity index (χ1v) is 6.53. The van der Waals surface area contributed by atoms with Gasteiger partial charge in [-0.05, 0) is 0 Å². The average molecular weight is 440 g/mol. The predicted octanol–water partition coefficient (Wildman–Crippen LogP) is 4.53. The van der Waals surface area contributed by atoms with Gasteiger partial charge < -0.3 is 0 Å². The quantitative estimate of drug-likeness (QED) is 0.375. The van der Waals surface area contributed by atoms with Crippen molar-refractivity contribution in [2.45, 2.75) is 23.6 Å². The molecule has 0 unspecified atom stereocenters. The average Bonchev–Trinajstić information content (AvgIpc) is 2.40. The first-order chi connectivity index (χ1) is 11.1. The van der Waals surface area contributed by atoms with Gasteiger partial charge in [0.05, 0.1) is 0 Å². The Morgan fingerprint density at radius 2 is 1.08 bits per heavy atom. The Bertz CT molecular complexity index is 717. The Labute approximate surface area is 133 Å². The third kappa shape index (κ3) is 4.78. The minimum absolute atomic E-state index is 1.68. The smallest absolute Gasteiger partial charge is 0.279 e. The fourth-order valence-electron chi connectivity index (χ4n) is 0.849. The van der Waals surface area contributed by atoms with Crippen LogP contribution in [0.4, 0.5) is 57.1 Å². The van der Waals surface area contributed by atoms with Crippen LogP contribution in [0.15, 0.2) is 23.3 Å². The zero-order chi connectivity index (χ0) is 21.5. The second-order valence-electron chi connectivity index (χ2n) is 3.89. The predicted molar refractivity (Wildman–Crippen MR) is 52.0 cm³/mol. The maximum Gasteiger partial charge on any atom is 0.492 e. The molecule has 0 saturated heterocycles. The van der Waals surface area contributed by atoms with Crippen molar-refractivity contribution in [1.82, 2.24) is 0 Å². The molecular formula is C8HF13O4S.